The SMILES string of the molecule is CCOc1cccc2cc(C(=O)N(Cc3cccnc3)c3nc4ccc(Cl)cc4s3)oc12. The first-order valence-corrected chi connectivity index (χ1v) is 11.2. The highest BCUT2D eigenvalue weighted by Gasteiger charge is 2.25. The Balaban J connectivity index is 1.58. The average molecular weight is 464 g/mol. The van der Waals surface area contributed by atoms with E-state index in [4.69, 9.17) is 20.8 Å². The summed E-state index contributed by atoms with van der Waals surface area (Å²) in [5.74, 6) is 0.531. The minimum absolute atomic E-state index is 0.216. The van der Waals surface area contributed by atoms with Crippen molar-refractivity contribution in [2.75, 3.05) is 11.5 Å². The first kappa shape index (κ1) is 20.5. The zero-order chi connectivity index (χ0) is 22.1. The summed E-state index contributed by atoms with van der Waals surface area (Å²) in [4.78, 5) is 24.1. The maximum atomic E-state index is 13.6. The molecular weight excluding hydrogens is 446 g/mol. The monoisotopic (exact) mass is 463 g/mol. The second-order valence-electron chi connectivity index (χ2n) is 7.08. The van der Waals surface area contributed by atoms with Gasteiger partial charge in [0.2, 0.25) is 0 Å². The molecule has 0 aliphatic carbocycles. The summed E-state index contributed by atoms with van der Waals surface area (Å²) >= 11 is 7.55. The van der Waals surface area contributed by atoms with E-state index >= 15 is 0 Å². The summed E-state index contributed by atoms with van der Waals surface area (Å²) < 4.78 is 12.5. The van der Waals surface area contributed by atoms with Crippen LogP contribution >= 0.6 is 22.9 Å². The lowest BCUT2D eigenvalue weighted by Gasteiger charge is -2.18. The van der Waals surface area contributed by atoms with E-state index in [0.717, 1.165) is 21.2 Å². The number of carbonyl (C=O) groups is 1. The van der Waals surface area contributed by atoms with Gasteiger partial charge in [0, 0.05) is 22.8 Å². The number of benzene rings is 2. The van der Waals surface area contributed by atoms with Crippen LogP contribution in [0.15, 0.2) is 71.4 Å². The molecule has 0 radical (unpaired) electrons. The van der Waals surface area contributed by atoms with Gasteiger partial charge >= 0.3 is 0 Å². The molecule has 3 heterocycles. The molecule has 3 aromatic heterocycles. The van der Waals surface area contributed by atoms with Crippen molar-refractivity contribution in [1.29, 1.82) is 0 Å². The zero-order valence-electron chi connectivity index (χ0n) is 17.1. The number of hydrogen-bond donors (Lipinski definition) is 0. The molecule has 0 bridgehead atoms. The number of rotatable bonds is 6. The van der Waals surface area contributed by atoms with Crippen LogP contribution in [0.4, 0.5) is 5.13 Å². The number of ether oxygens (including phenoxy) is 1. The summed E-state index contributed by atoms with van der Waals surface area (Å²) in [6.45, 7) is 2.71. The summed E-state index contributed by atoms with van der Waals surface area (Å²) in [6, 6.07) is 16.6. The summed E-state index contributed by atoms with van der Waals surface area (Å²) in [7, 11) is 0. The Labute approximate surface area is 193 Å². The van der Waals surface area contributed by atoms with Gasteiger partial charge in [-0.25, -0.2) is 4.98 Å². The van der Waals surface area contributed by atoms with Crippen LogP contribution in [0.5, 0.6) is 5.75 Å². The minimum Gasteiger partial charge on any atom is -0.490 e. The van der Waals surface area contributed by atoms with E-state index in [0.29, 0.717) is 34.6 Å². The number of fused-ring (bicyclic) bond motifs is 2. The van der Waals surface area contributed by atoms with E-state index in [1.54, 1.807) is 29.4 Å². The number of pyridine rings is 1. The Morgan fingerprint density at radius 1 is 1.19 bits per heavy atom. The van der Waals surface area contributed by atoms with Gasteiger partial charge in [-0.15, -0.1) is 0 Å². The topological polar surface area (TPSA) is 68.5 Å². The first-order chi connectivity index (χ1) is 15.6. The zero-order valence-corrected chi connectivity index (χ0v) is 18.7. The van der Waals surface area contributed by atoms with Crippen LogP contribution in [0, 0.1) is 0 Å². The molecule has 5 aromatic rings. The first-order valence-electron chi connectivity index (χ1n) is 10.0. The van der Waals surface area contributed by atoms with Crippen LogP contribution in [0.25, 0.3) is 21.2 Å². The van der Waals surface area contributed by atoms with Gasteiger partial charge in [-0.3, -0.25) is 14.7 Å². The second-order valence-corrected chi connectivity index (χ2v) is 8.52. The summed E-state index contributed by atoms with van der Waals surface area (Å²) in [5.41, 5.74) is 2.21. The number of aromatic nitrogens is 2. The summed E-state index contributed by atoms with van der Waals surface area (Å²) in [5, 5.41) is 1.98. The van der Waals surface area contributed by atoms with Crippen LogP contribution in [0.2, 0.25) is 5.02 Å². The predicted molar refractivity (Wildman–Crippen MR) is 127 cm³/mol. The number of hydrogen-bond acceptors (Lipinski definition) is 6. The van der Waals surface area contributed by atoms with Gasteiger partial charge in [-0.05, 0) is 48.9 Å². The number of para-hydroxylation sites is 1. The largest absolute Gasteiger partial charge is 0.490 e. The Hall–Kier alpha value is -3.42. The van der Waals surface area contributed by atoms with Crippen molar-refractivity contribution in [3.05, 3.63) is 83.3 Å². The van der Waals surface area contributed by atoms with E-state index < -0.39 is 0 Å². The fraction of sp³-hybridized carbons (Fsp3) is 0.125. The van der Waals surface area contributed by atoms with Gasteiger partial charge in [0.25, 0.3) is 5.91 Å². The van der Waals surface area contributed by atoms with E-state index in [2.05, 4.69) is 9.97 Å². The molecule has 160 valence electrons. The highest BCUT2D eigenvalue weighted by Crippen LogP contribution is 2.34. The van der Waals surface area contributed by atoms with Crippen LogP contribution in [0.1, 0.15) is 23.0 Å². The minimum atomic E-state index is -0.294. The highest BCUT2D eigenvalue weighted by atomic mass is 35.5. The second kappa shape index (κ2) is 8.61. The maximum absolute atomic E-state index is 13.6. The van der Waals surface area contributed by atoms with Gasteiger partial charge in [0.15, 0.2) is 22.2 Å². The normalized spacial score (nSPS) is 11.2. The van der Waals surface area contributed by atoms with Crippen molar-refractivity contribution < 1.29 is 13.9 Å². The molecule has 1 amide bonds. The molecule has 0 fully saturated rings. The predicted octanol–water partition coefficient (Wildman–Crippen LogP) is 6.34. The molecule has 0 saturated heterocycles. The molecular formula is C24H18ClN3O3S. The fourth-order valence-corrected chi connectivity index (χ4v) is 4.69. The van der Waals surface area contributed by atoms with Crippen molar-refractivity contribution in [2.45, 2.75) is 13.5 Å². The number of halogens is 1. The van der Waals surface area contributed by atoms with E-state index in [1.807, 2.05) is 49.4 Å². The van der Waals surface area contributed by atoms with Crippen molar-refractivity contribution in [3.8, 4) is 5.75 Å². The van der Waals surface area contributed by atoms with Crippen molar-refractivity contribution in [1.82, 2.24) is 9.97 Å². The van der Waals surface area contributed by atoms with E-state index in [9.17, 15) is 4.79 Å². The van der Waals surface area contributed by atoms with Gasteiger partial charge in [-0.1, -0.05) is 41.1 Å². The Kier molecular flexibility index (Phi) is 5.51. The van der Waals surface area contributed by atoms with Crippen LogP contribution in [-0.2, 0) is 6.54 Å². The number of nitrogens with zero attached hydrogens (tertiary/aromatic N) is 3. The third-order valence-corrected chi connectivity index (χ3v) is 6.17. The lowest BCUT2D eigenvalue weighted by atomic mass is 10.2. The van der Waals surface area contributed by atoms with Crippen molar-refractivity contribution in [2.24, 2.45) is 0 Å². The van der Waals surface area contributed by atoms with E-state index in [-0.39, 0.29) is 11.7 Å². The van der Waals surface area contributed by atoms with Gasteiger partial charge in [-0.2, -0.15) is 0 Å². The lowest BCUT2D eigenvalue weighted by Crippen LogP contribution is -2.30. The van der Waals surface area contributed by atoms with Crippen LogP contribution in [0.3, 0.4) is 0 Å². The van der Waals surface area contributed by atoms with Gasteiger partial charge < -0.3 is 9.15 Å². The Morgan fingerprint density at radius 3 is 2.91 bits per heavy atom. The Bertz CT molecular complexity index is 1410. The molecule has 2 aromatic carbocycles. The smallest absolute Gasteiger partial charge is 0.296 e. The average Bonchev–Trinajstić information content (AvgIpc) is 3.42. The Morgan fingerprint density at radius 2 is 2.09 bits per heavy atom. The molecule has 0 aliphatic rings. The third kappa shape index (κ3) is 3.92. The summed E-state index contributed by atoms with van der Waals surface area (Å²) in [6.07, 6.45) is 3.43. The number of furan rings is 1. The maximum Gasteiger partial charge on any atom is 0.296 e. The van der Waals surface area contributed by atoms with Crippen LogP contribution < -0.4 is 9.64 Å². The molecule has 5 rings (SSSR count). The van der Waals surface area contributed by atoms with Crippen LogP contribution in [-0.4, -0.2) is 22.5 Å². The molecule has 0 saturated carbocycles. The number of amides is 1. The standard InChI is InChI=1S/C24H18ClN3O3S/c1-2-30-19-7-3-6-16-11-20(31-22(16)19)23(29)28(14-15-5-4-10-26-13-15)24-27-18-9-8-17(25)12-21(18)32-24/h3-13H,2,14H2,1H3. The molecule has 8 heteroatoms. The number of anilines is 1. The molecule has 0 N–H and O–H groups in total. The molecule has 0 spiro atoms. The van der Waals surface area contributed by atoms with Gasteiger partial charge in [0.1, 0.15) is 0 Å². The van der Waals surface area contributed by atoms with E-state index in [1.165, 1.54) is 11.3 Å². The fourth-order valence-electron chi connectivity index (χ4n) is 3.45. The third-order valence-electron chi connectivity index (χ3n) is 4.90. The number of thiazole rings is 1. The van der Waals surface area contributed by atoms with Crippen molar-refractivity contribution in [3.63, 3.8) is 0 Å². The number of carbonyl (C=O) groups excluding carboxylic acids is 1. The molecule has 0 atom stereocenters. The molecule has 0 aliphatic heterocycles. The van der Waals surface area contributed by atoms with Gasteiger partial charge in [0.05, 0.1) is 23.4 Å². The quantitative estimate of drug-likeness (QED) is 0.294. The molecule has 32 heavy (non-hydrogen) atoms. The molecule has 0 unspecified atom stereocenters. The lowest BCUT2D eigenvalue weighted by molar-refractivity contribution is 0.0960. The molecule has 6 nitrogen and oxygen atoms in total. The van der Waals surface area contributed by atoms with Crippen molar-refractivity contribution >= 4 is 55.2 Å². The highest BCUT2D eigenvalue weighted by molar-refractivity contribution is 7.22.